The summed E-state index contributed by atoms with van der Waals surface area (Å²) >= 11 is 0. The van der Waals surface area contributed by atoms with E-state index in [0.717, 1.165) is 29.2 Å². The van der Waals surface area contributed by atoms with Gasteiger partial charge in [-0.25, -0.2) is 4.79 Å². The van der Waals surface area contributed by atoms with E-state index in [1.54, 1.807) is 6.07 Å². The molecule has 0 radical (unpaired) electrons. The minimum Gasteiger partial charge on any atom is -0.478 e. The normalized spacial score (nSPS) is 38.1. The van der Waals surface area contributed by atoms with E-state index >= 15 is 0 Å². The van der Waals surface area contributed by atoms with E-state index in [4.69, 9.17) is 5.73 Å². The predicted octanol–water partition coefficient (Wildman–Crippen LogP) is 3.51. The molecular formula is C17H21NO2. The summed E-state index contributed by atoms with van der Waals surface area (Å²) in [5.74, 6) is 2.92. The van der Waals surface area contributed by atoms with E-state index in [-0.39, 0.29) is 5.56 Å². The van der Waals surface area contributed by atoms with Crippen molar-refractivity contribution >= 4 is 11.7 Å². The number of hydrogen-bond acceptors (Lipinski definition) is 2. The minimum absolute atomic E-state index is 0.274. The summed E-state index contributed by atoms with van der Waals surface area (Å²) in [6.45, 7) is 0. The molecule has 0 aromatic heterocycles. The number of carboxylic acids is 1. The Morgan fingerprint density at radius 1 is 1.05 bits per heavy atom. The van der Waals surface area contributed by atoms with Crippen molar-refractivity contribution in [3.05, 3.63) is 29.3 Å². The van der Waals surface area contributed by atoms with E-state index in [2.05, 4.69) is 6.07 Å². The van der Waals surface area contributed by atoms with E-state index in [9.17, 15) is 9.90 Å². The largest absolute Gasteiger partial charge is 0.478 e. The van der Waals surface area contributed by atoms with Gasteiger partial charge in [-0.1, -0.05) is 12.1 Å². The van der Waals surface area contributed by atoms with Gasteiger partial charge in [0.15, 0.2) is 0 Å². The van der Waals surface area contributed by atoms with Crippen molar-refractivity contribution in [1.29, 1.82) is 0 Å². The second-order valence-corrected chi connectivity index (χ2v) is 7.07. The smallest absolute Gasteiger partial charge is 0.337 e. The number of benzene rings is 1. The summed E-state index contributed by atoms with van der Waals surface area (Å²) in [6.07, 6.45) is 6.75. The number of rotatable bonds is 2. The monoisotopic (exact) mass is 271 g/mol. The zero-order chi connectivity index (χ0) is 13.9. The first-order valence-corrected chi connectivity index (χ1v) is 7.75. The molecule has 1 aromatic rings. The molecule has 3 N–H and O–H groups in total. The topological polar surface area (TPSA) is 63.3 Å². The fourth-order valence-corrected chi connectivity index (χ4v) is 5.49. The summed E-state index contributed by atoms with van der Waals surface area (Å²) in [4.78, 5) is 11.3. The van der Waals surface area contributed by atoms with Crippen LogP contribution in [-0.2, 0) is 0 Å². The molecule has 1 aromatic carbocycles. The van der Waals surface area contributed by atoms with Crippen LogP contribution in [0.4, 0.5) is 5.69 Å². The Hall–Kier alpha value is -1.51. The van der Waals surface area contributed by atoms with Gasteiger partial charge in [-0.15, -0.1) is 0 Å². The minimum atomic E-state index is -0.909. The van der Waals surface area contributed by atoms with E-state index < -0.39 is 5.97 Å². The van der Waals surface area contributed by atoms with Gasteiger partial charge >= 0.3 is 5.97 Å². The molecule has 0 unspecified atom stereocenters. The van der Waals surface area contributed by atoms with E-state index in [0.29, 0.717) is 11.6 Å². The van der Waals surface area contributed by atoms with Gasteiger partial charge in [0.2, 0.25) is 0 Å². The quantitative estimate of drug-likeness (QED) is 0.809. The molecule has 4 aliphatic rings. The molecule has 0 aliphatic heterocycles. The van der Waals surface area contributed by atoms with Gasteiger partial charge in [-0.05, 0) is 73.3 Å². The maximum Gasteiger partial charge on any atom is 0.337 e. The third-order valence-electron chi connectivity index (χ3n) is 5.96. The van der Waals surface area contributed by atoms with Crippen LogP contribution in [-0.4, -0.2) is 11.1 Å². The molecule has 0 atom stereocenters. The molecule has 0 saturated heterocycles. The summed E-state index contributed by atoms with van der Waals surface area (Å²) in [7, 11) is 0. The Kier molecular flexibility index (Phi) is 2.60. The molecule has 0 spiro atoms. The Balaban J connectivity index is 1.75. The summed E-state index contributed by atoms with van der Waals surface area (Å²) < 4.78 is 0. The zero-order valence-corrected chi connectivity index (χ0v) is 11.6. The number of hydrogen-bond donors (Lipinski definition) is 2. The number of aromatic carboxylic acids is 1. The van der Waals surface area contributed by atoms with Crippen LogP contribution in [0, 0.1) is 23.7 Å². The molecule has 4 aliphatic carbocycles. The van der Waals surface area contributed by atoms with Crippen LogP contribution in [0.5, 0.6) is 0 Å². The van der Waals surface area contributed by atoms with Crippen molar-refractivity contribution in [2.45, 2.75) is 38.0 Å². The van der Waals surface area contributed by atoms with Crippen molar-refractivity contribution in [3.8, 4) is 0 Å². The first kappa shape index (κ1) is 12.2. The van der Waals surface area contributed by atoms with Crippen molar-refractivity contribution in [2.75, 3.05) is 5.73 Å². The molecule has 4 bridgehead atoms. The molecule has 20 heavy (non-hydrogen) atoms. The van der Waals surface area contributed by atoms with Crippen LogP contribution in [0.2, 0.25) is 0 Å². The lowest BCUT2D eigenvalue weighted by Gasteiger charge is -2.54. The molecule has 106 valence electrons. The lowest BCUT2D eigenvalue weighted by Crippen LogP contribution is -2.44. The van der Waals surface area contributed by atoms with Crippen molar-refractivity contribution in [3.63, 3.8) is 0 Å². The highest BCUT2D eigenvalue weighted by atomic mass is 16.4. The summed E-state index contributed by atoms with van der Waals surface area (Å²) in [5.41, 5.74) is 8.08. The molecule has 0 heterocycles. The highest BCUT2D eigenvalue weighted by Crippen LogP contribution is 2.60. The van der Waals surface area contributed by atoms with Crippen LogP contribution >= 0.6 is 0 Å². The first-order chi connectivity index (χ1) is 9.63. The summed E-state index contributed by atoms with van der Waals surface area (Å²) in [6, 6.07) is 5.55. The highest BCUT2D eigenvalue weighted by Gasteiger charge is 2.49. The second-order valence-electron chi connectivity index (χ2n) is 7.07. The molecular weight excluding hydrogens is 250 g/mol. The molecule has 3 nitrogen and oxygen atoms in total. The molecule has 0 amide bonds. The number of nitrogens with two attached hydrogens (primary N) is 1. The zero-order valence-electron chi connectivity index (χ0n) is 11.6. The predicted molar refractivity (Wildman–Crippen MR) is 77.6 cm³/mol. The molecule has 4 fully saturated rings. The van der Waals surface area contributed by atoms with Gasteiger partial charge < -0.3 is 10.8 Å². The van der Waals surface area contributed by atoms with Gasteiger partial charge in [0.25, 0.3) is 0 Å². The van der Waals surface area contributed by atoms with Gasteiger partial charge in [-0.2, -0.15) is 0 Å². The average molecular weight is 271 g/mol. The lowest BCUT2D eigenvalue weighted by atomic mass is 9.50. The standard InChI is InChI=1S/C17H21NO2/c18-16-13(2-1-3-14(16)17(19)20)15-11-5-9-4-10(7-11)8-12(15)6-9/h1-3,9-12,15H,4-8,18H2,(H,19,20). The molecule has 4 saturated carbocycles. The molecule has 5 rings (SSSR count). The van der Waals surface area contributed by atoms with Crippen molar-refractivity contribution in [1.82, 2.24) is 0 Å². The second kappa shape index (κ2) is 4.24. The van der Waals surface area contributed by atoms with Crippen LogP contribution < -0.4 is 5.73 Å². The fraction of sp³-hybridized carbons (Fsp3) is 0.588. The van der Waals surface area contributed by atoms with Crippen LogP contribution in [0.25, 0.3) is 0 Å². The number of carboxylic acid groups (broad SMARTS) is 1. The average Bonchev–Trinajstić information content (AvgIpc) is 2.39. The Labute approximate surface area is 119 Å². The third kappa shape index (κ3) is 1.68. The fourth-order valence-electron chi connectivity index (χ4n) is 5.49. The number of carbonyl (C=O) groups is 1. The Bertz CT molecular complexity index is 538. The van der Waals surface area contributed by atoms with Crippen LogP contribution in [0.1, 0.15) is 53.9 Å². The van der Waals surface area contributed by atoms with Crippen molar-refractivity contribution < 1.29 is 9.90 Å². The third-order valence-corrected chi connectivity index (χ3v) is 5.96. The SMILES string of the molecule is Nc1c(C(=O)O)cccc1C1C2CC3CC(C2)CC1C3. The van der Waals surface area contributed by atoms with Gasteiger partial charge in [0.05, 0.1) is 5.56 Å². The number of anilines is 1. The van der Waals surface area contributed by atoms with E-state index in [1.807, 2.05) is 6.07 Å². The van der Waals surface area contributed by atoms with Crippen LogP contribution in [0.15, 0.2) is 18.2 Å². The van der Waals surface area contributed by atoms with Crippen molar-refractivity contribution in [2.24, 2.45) is 23.7 Å². The highest BCUT2D eigenvalue weighted by molar-refractivity contribution is 5.94. The lowest BCUT2D eigenvalue weighted by molar-refractivity contribution is -0.00258. The Morgan fingerprint density at radius 2 is 1.65 bits per heavy atom. The maximum absolute atomic E-state index is 11.3. The first-order valence-electron chi connectivity index (χ1n) is 7.75. The maximum atomic E-state index is 11.3. The number of nitrogen functional groups attached to an aromatic ring is 1. The van der Waals surface area contributed by atoms with Gasteiger partial charge in [-0.3, -0.25) is 0 Å². The Morgan fingerprint density at radius 3 is 2.20 bits per heavy atom. The van der Waals surface area contributed by atoms with E-state index in [1.165, 1.54) is 32.1 Å². The number of para-hydroxylation sites is 1. The molecule has 3 heteroatoms. The summed E-state index contributed by atoms with van der Waals surface area (Å²) in [5, 5.41) is 9.26. The van der Waals surface area contributed by atoms with Gasteiger partial charge in [0, 0.05) is 5.69 Å². The van der Waals surface area contributed by atoms with Gasteiger partial charge in [0.1, 0.15) is 0 Å². The van der Waals surface area contributed by atoms with Crippen LogP contribution in [0.3, 0.4) is 0 Å².